The molecule has 0 heterocycles. The Kier molecular flexibility index (Phi) is 8.12. The fourth-order valence-corrected chi connectivity index (χ4v) is 3.94. The van der Waals surface area contributed by atoms with Gasteiger partial charge in [0.25, 0.3) is 5.69 Å². The number of Topliss-reactive ketones (excluding diaryl/α,β-unsaturated/α-hetero) is 1. The van der Waals surface area contributed by atoms with Crippen LogP contribution in [-0.4, -0.2) is 46.6 Å². The van der Waals surface area contributed by atoms with Crippen LogP contribution in [0.5, 0.6) is 0 Å². The van der Waals surface area contributed by atoms with Crippen molar-refractivity contribution in [2.24, 2.45) is 23.7 Å². The van der Waals surface area contributed by atoms with Crippen LogP contribution < -0.4 is 0 Å². The Hall–Kier alpha value is -2.81. The lowest BCUT2D eigenvalue weighted by atomic mass is 9.61. The molecule has 1 aliphatic carbocycles. The van der Waals surface area contributed by atoms with E-state index in [2.05, 4.69) is 0 Å². The first-order valence-corrected chi connectivity index (χ1v) is 10.7. The summed E-state index contributed by atoms with van der Waals surface area (Å²) < 4.78 is 10.7. The molecule has 1 aromatic carbocycles. The molecule has 0 aromatic heterocycles. The van der Waals surface area contributed by atoms with Crippen molar-refractivity contribution in [3.8, 4) is 0 Å². The highest BCUT2D eigenvalue weighted by Crippen LogP contribution is 2.47. The van der Waals surface area contributed by atoms with Gasteiger partial charge in [-0.3, -0.25) is 24.5 Å². The fourth-order valence-electron chi connectivity index (χ4n) is 3.94. The molecule has 0 bridgehead atoms. The monoisotopic (exact) mass is 449 g/mol. The second-order valence-corrected chi connectivity index (χ2v) is 9.38. The van der Waals surface area contributed by atoms with Crippen LogP contribution in [-0.2, 0) is 23.9 Å². The van der Waals surface area contributed by atoms with Gasteiger partial charge in [0.15, 0.2) is 5.78 Å². The largest absolute Gasteiger partial charge is 0.465 e. The minimum Gasteiger partial charge on any atom is -0.465 e. The molecule has 0 radical (unpaired) electrons. The highest BCUT2D eigenvalue weighted by atomic mass is 16.6. The van der Waals surface area contributed by atoms with Crippen LogP contribution in [0, 0.1) is 33.8 Å². The van der Waals surface area contributed by atoms with Crippen LogP contribution >= 0.6 is 0 Å². The molecule has 1 N–H and O–H groups in total. The first-order chi connectivity index (χ1) is 14.8. The highest BCUT2D eigenvalue weighted by Gasteiger charge is 2.57. The van der Waals surface area contributed by atoms with Crippen LogP contribution in [0.3, 0.4) is 0 Å². The summed E-state index contributed by atoms with van der Waals surface area (Å²) in [5, 5.41) is 22.4. The number of nitro benzene ring substituents is 1. The Morgan fingerprint density at radius 2 is 1.72 bits per heavy atom. The zero-order chi connectivity index (χ0) is 24.2. The average Bonchev–Trinajstić information content (AvgIpc) is 2.69. The molecule has 4 atom stereocenters. The van der Waals surface area contributed by atoms with Gasteiger partial charge in [0.1, 0.15) is 5.92 Å². The topological polar surface area (TPSA) is 133 Å². The number of carbonyl (C=O) groups is 3. The van der Waals surface area contributed by atoms with Crippen molar-refractivity contribution < 1.29 is 33.9 Å². The number of aliphatic hydroxyl groups is 1. The standard InChI is InChI=1S/C23H31NO8/c1-13(2)11-31-21(26)19-17(25)10-23(5,28)20(22(27)32-12-14(3)4)18(19)15-7-6-8-16(9-15)24(29)30/h6-9,13-14,18-20,28H,10-12H2,1-5H3/t18-,19-,20+,23+/m1/s1. The summed E-state index contributed by atoms with van der Waals surface area (Å²) in [7, 11) is 0. The number of carbonyl (C=O) groups excluding carboxylic acids is 3. The maximum absolute atomic E-state index is 13.1. The van der Waals surface area contributed by atoms with E-state index in [0.29, 0.717) is 0 Å². The maximum atomic E-state index is 13.1. The minimum atomic E-state index is -1.81. The van der Waals surface area contributed by atoms with Crippen LogP contribution in [0.4, 0.5) is 5.69 Å². The lowest BCUT2D eigenvalue weighted by molar-refractivity contribution is -0.385. The van der Waals surface area contributed by atoms with Crippen molar-refractivity contribution in [2.75, 3.05) is 13.2 Å². The van der Waals surface area contributed by atoms with Crippen LogP contribution in [0.2, 0.25) is 0 Å². The van der Waals surface area contributed by atoms with Gasteiger partial charge >= 0.3 is 11.9 Å². The number of esters is 2. The Morgan fingerprint density at radius 3 is 2.25 bits per heavy atom. The van der Waals surface area contributed by atoms with Crippen LogP contribution in [0.15, 0.2) is 24.3 Å². The zero-order valence-electron chi connectivity index (χ0n) is 19.1. The summed E-state index contributed by atoms with van der Waals surface area (Å²) in [5.74, 6) is -6.00. The summed E-state index contributed by atoms with van der Waals surface area (Å²) in [6, 6.07) is 5.39. The molecule has 32 heavy (non-hydrogen) atoms. The Morgan fingerprint density at radius 1 is 1.16 bits per heavy atom. The minimum absolute atomic E-state index is 0.0174. The normalized spacial score (nSPS) is 25.6. The second-order valence-electron chi connectivity index (χ2n) is 9.38. The van der Waals surface area contributed by atoms with E-state index in [1.165, 1.54) is 31.2 Å². The number of nitrogens with zero attached hydrogens (tertiary/aromatic N) is 1. The molecule has 0 spiro atoms. The lowest BCUT2D eigenvalue weighted by Gasteiger charge is -2.43. The van der Waals surface area contributed by atoms with E-state index in [1.807, 2.05) is 27.7 Å². The van der Waals surface area contributed by atoms with Crippen molar-refractivity contribution in [1.29, 1.82) is 0 Å². The smallest absolute Gasteiger partial charge is 0.317 e. The van der Waals surface area contributed by atoms with E-state index in [1.54, 1.807) is 0 Å². The molecular weight excluding hydrogens is 418 g/mol. The quantitative estimate of drug-likeness (QED) is 0.277. The molecule has 2 rings (SSSR count). The maximum Gasteiger partial charge on any atom is 0.317 e. The Labute approximate surface area is 187 Å². The van der Waals surface area contributed by atoms with Gasteiger partial charge in [0.05, 0.1) is 29.7 Å². The lowest BCUT2D eigenvalue weighted by Crippen LogP contribution is -2.55. The fraction of sp³-hybridized carbons (Fsp3) is 0.609. The van der Waals surface area contributed by atoms with Crippen molar-refractivity contribution in [3.63, 3.8) is 0 Å². The zero-order valence-corrected chi connectivity index (χ0v) is 19.1. The SMILES string of the molecule is CC(C)COC(=O)[C@@H]1C(=O)C[C@](C)(O)[C@H](C(=O)OCC(C)C)[C@@H]1c1cccc([N+](=O)[O-])c1. The molecule has 0 unspecified atom stereocenters. The Balaban J connectivity index is 2.60. The van der Waals surface area contributed by atoms with Crippen molar-refractivity contribution >= 4 is 23.4 Å². The van der Waals surface area contributed by atoms with Gasteiger partial charge in [-0.25, -0.2) is 0 Å². The number of hydrogen-bond donors (Lipinski definition) is 1. The van der Waals surface area contributed by atoms with E-state index in [9.17, 15) is 29.6 Å². The number of ether oxygens (including phenoxy) is 2. The third-order valence-corrected chi connectivity index (χ3v) is 5.36. The van der Waals surface area contributed by atoms with Gasteiger partial charge in [0, 0.05) is 24.5 Å². The summed E-state index contributed by atoms with van der Waals surface area (Å²) in [4.78, 5) is 49.7. The third-order valence-electron chi connectivity index (χ3n) is 5.36. The summed E-state index contributed by atoms with van der Waals surface area (Å²) in [5.41, 5.74) is -1.86. The number of rotatable bonds is 8. The average molecular weight is 450 g/mol. The molecule has 1 aliphatic rings. The summed E-state index contributed by atoms with van der Waals surface area (Å²) in [6.45, 7) is 8.87. The van der Waals surface area contributed by atoms with Gasteiger partial charge in [0.2, 0.25) is 0 Å². The Bertz CT molecular complexity index is 877. The molecule has 9 heteroatoms. The van der Waals surface area contributed by atoms with Crippen LogP contribution in [0.1, 0.15) is 52.5 Å². The van der Waals surface area contributed by atoms with Gasteiger partial charge in [-0.15, -0.1) is 0 Å². The summed E-state index contributed by atoms with van der Waals surface area (Å²) in [6.07, 6.45) is -0.443. The molecule has 0 saturated heterocycles. The molecule has 1 aromatic rings. The van der Waals surface area contributed by atoms with E-state index >= 15 is 0 Å². The summed E-state index contributed by atoms with van der Waals surface area (Å²) >= 11 is 0. The van der Waals surface area contributed by atoms with E-state index in [-0.39, 0.29) is 36.3 Å². The van der Waals surface area contributed by atoms with E-state index in [4.69, 9.17) is 9.47 Å². The molecule has 0 amide bonds. The number of non-ortho nitro benzene ring substituents is 1. The molecule has 176 valence electrons. The predicted molar refractivity (Wildman–Crippen MR) is 115 cm³/mol. The number of nitro groups is 1. The van der Waals surface area contributed by atoms with Crippen molar-refractivity contribution in [1.82, 2.24) is 0 Å². The number of ketones is 1. The number of hydrogen-bond acceptors (Lipinski definition) is 8. The number of benzene rings is 1. The molecule has 0 aliphatic heterocycles. The van der Waals surface area contributed by atoms with Gasteiger partial charge in [-0.2, -0.15) is 0 Å². The molecular formula is C23H31NO8. The molecule has 1 fully saturated rings. The first-order valence-electron chi connectivity index (χ1n) is 10.7. The second kappa shape index (κ2) is 10.2. The van der Waals surface area contributed by atoms with Crippen molar-refractivity contribution in [3.05, 3.63) is 39.9 Å². The van der Waals surface area contributed by atoms with Crippen molar-refractivity contribution in [2.45, 2.75) is 52.6 Å². The molecule has 9 nitrogen and oxygen atoms in total. The van der Waals surface area contributed by atoms with Gasteiger partial charge in [-0.05, 0) is 24.3 Å². The van der Waals surface area contributed by atoms with Crippen LogP contribution in [0.25, 0.3) is 0 Å². The first kappa shape index (κ1) is 25.5. The highest BCUT2D eigenvalue weighted by molar-refractivity contribution is 6.02. The van der Waals surface area contributed by atoms with Gasteiger partial charge < -0.3 is 14.6 Å². The van der Waals surface area contributed by atoms with E-state index in [0.717, 1.165) is 0 Å². The molecule has 1 saturated carbocycles. The third kappa shape index (κ3) is 5.91. The van der Waals surface area contributed by atoms with Gasteiger partial charge in [-0.1, -0.05) is 39.8 Å². The predicted octanol–water partition coefficient (Wildman–Crippen LogP) is 3.03. The van der Waals surface area contributed by atoms with E-state index < -0.39 is 52.4 Å².